The number of amides is 2. The normalized spacial score (nSPS) is 16.2. The lowest BCUT2D eigenvalue weighted by Crippen LogP contribution is -2.64. The summed E-state index contributed by atoms with van der Waals surface area (Å²) in [6.45, 7) is 16.8. The number of aliphatic hydroxyl groups is 1. The molecule has 0 aliphatic carbocycles. The van der Waals surface area contributed by atoms with Gasteiger partial charge in [-0.3, -0.25) is 9.59 Å². The summed E-state index contributed by atoms with van der Waals surface area (Å²) in [6, 6.07) is -1.20. The van der Waals surface area contributed by atoms with E-state index in [4.69, 9.17) is 4.74 Å². The first-order chi connectivity index (χ1) is 15.1. The van der Waals surface area contributed by atoms with Gasteiger partial charge in [0.1, 0.15) is 11.6 Å². The molecule has 0 aromatic heterocycles. The minimum Gasteiger partial charge on any atom is -0.463 e. The van der Waals surface area contributed by atoms with E-state index in [2.05, 4.69) is 10.6 Å². The van der Waals surface area contributed by atoms with Crippen molar-refractivity contribution in [2.75, 3.05) is 27.3 Å². The van der Waals surface area contributed by atoms with Crippen LogP contribution >= 0.6 is 0 Å². The van der Waals surface area contributed by atoms with E-state index in [0.717, 1.165) is 0 Å². The summed E-state index contributed by atoms with van der Waals surface area (Å²) in [6.07, 6.45) is 2.16. The predicted octanol–water partition coefficient (Wildman–Crippen LogP) is 2.51. The lowest BCUT2D eigenvalue weighted by molar-refractivity contribution is -0.142. The first-order valence-corrected chi connectivity index (χ1v) is 11.8. The minimum atomic E-state index is -1.19. The van der Waals surface area contributed by atoms with E-state index in [1.54, 1.807) is 38.9 Å². The number of likely N-dealkylation sites (N-methyl/N-ethyl adjacent to an activating group) is 2. The van der Waals surface area contributed by atoms with Gasteiger partial charge in [-0.15, -0.1) is 0 Å². The van der Waals surface area contributed by atoms with Crippen LogP contribution in [0, 0.1) is 17.3 Å². The first kappa shape index (κ1) is 31.1. The number of esters is 1. The highest BCUT2D eigenvalue weighted by molar-refractivity contribution is 5.93. The van der Waals surface area contributed by atoms with E-state index < -0.39 is 28.9 Å². The minimum absolute atomic E-state index is 0.0226. The lowest BCUT2D eigenvalue weighted by Gasteiger charge is -2.40. The Morgan fingerprint density at radius 3 is 2.03 bits per heavy atom. The standard InChI is InChI=1S/C25H47N3O5/c1-12-33-22(31)18(6)13-19(17(4)5)28(11)21(30)20(24(7,8)9)27-23(32)25(15-29,26-10)14-16(2)3/h13,16-17,19-20,26,29H,12,14-15H2,1-11H3,(H,27,32)/b18-13+/t19-,20-,25?/m1/s1. The summed E-state index contributed by atoms with van der Waals surface area (Å²) in [4.78, 5) is 40.7. The maximum absolute atomic E-state index is 13.7. The van der Waals surface area contributed by atoms with E-state index in [-0.39, 0.29) is 37.0 Å². The van der Waals surface area contributed by atoms with Crippen molar-refractivity contribution in [1.82, 2.24) is 15.5 Å². The fraction of sp³-hybridized carbons (Fsp3) is 0.800. The summed E-state index contributed by atoms with van der Waals surface area (Å²) < 4.78 is 5.07. The van der Waals surface area contributed by atoms with Gasteiger partial charge in [0.2, 0.25) is 11.8 Å². The van der Waals surface area contributed by atoms with Crippen LogP contribution < -0.4 is 10.6 Å². The topological polar surface area (TPSA) is 108 Å². The van der Waals surface area contributed by atoms with Crippen LogP contribution in [-0.4, -0.2) is 72.7 Å². The molecule has 2 amide bonds. The molecular formula is C25H47N3O5. The second-order valence-electron chi connectivity index (χ2n) is 10.6. The second kappa shape index (κ2) is 13.1. The first-order valence-electron chi connectivity index (χ1n) is 11.8. The number of nitrogens with one attached hydrogen (secondary N) is 2. The Morgan fingerprint density at radius 2 is 1.67 bits per heavy atom. The fourth-order valence-electron chi connectivity index (χ4n) is 3.81. The monoisotopic (exact) mass is 469 g/mol. The van der Waals surface area contributed by atoms with Crippen molar-refractivity contribution in [2.45, 2.75) is 86.4 Å². The molecule has 0 spiro atoms. The van der Waals surface area contributed by atoms with Crippen molar-refractivity contribution in [3.63, 3.8) is 0 Å². The van der Waals surface area contributed by atoms with Crippen molar-refractivity contribution in [1.29, 1.82) is 0 Å². The van der Waals surface area contributed by atoms with Gasteiger partial charge in [0.05, 0.1) is 19.3 Å². The van der Waals surface area contributed by atoms with Crippen LogP contribution in [0.15, 0.2) is 11.6 Å². The molecule has 0 rings (SSSR count). The number of aliphatic hydroxyl groups excluding tert-OH is 1. The van der Waals surface area contributed by atoms with Crippen LogP contribution in [0.1, 0.15) is 68.7 Å². The maximum atomic E-state index is 13.7. The van der Waals surface area contributed by atoms with Gasteiger partial charge in [0, 0.05) is 12.6 Å². The summed E-state index contributed by atoms with van der Waals surface area (Å²) >= 11 is 0. The van der Waals surface area contributed by atoms with Crippen LogP contribution in [0.3, 0.4) is 0 Å². The Kier molecular flexibility index (Phi) is 12.3. The number of hydrogen-bond donors (Lipinski definition) is 3. The summed E-state index contributed by atoms with van der Waals surface area (Å²) in [5.41, 5.74) is -1.35. The molecule has 0 saturated carbocycles. The molecule has 0 aliphatic heterocycles. The summed E-state index contributed by atoms with van der Waals surface area (Å²) in [5, 5.41) is 15.9. The van der Waals surface area contributed by atoms with Gasteiger partial charge >= 0.3 is 5.97 Å². The highest BCUT2D eigenvalue weighted by Crippen LogP contribution is 2.25. The fourth-order valence-corrected chi connectivity index (χ4v) is 3.81. The molecule has 192 valence electrons. The van der Waals surface area contributed by atoms with Crippen molar-refractivity contribution >= 4 is 17.8 Å². The summed E-state index contributed by atoms with van der Waals surface area (Å²) in [7, 11) is 3.31. The van der Waals surface area contributed by atoms with Crippen LogP contribution in [0.2, 0.25) is 0 Å². The van der Waals surface area contributed by atoms with Gasteiger partial charge in [-0.1, -0.05) is 54.5 Å². The maximum Gasteiger partial charge on any atom is 0.333 e. The van der Waals surface area contributed by atoms with Crippen molar-refractivity contribution in [3.05, 3.63) is 11.6 Å². The molecular weight excluding hydrogens is 422 g/mol. The van der Waals surface area contributed by atoms with E-state index >= 15 is 0 Å². The molecule has 0 saturated heterocycles. The summed E-state index contributed by atoms with van der Waals surface area (Å²) in [5.74, 6) is -0.921. The molecule has 3 N–H and O–H groups in total. The molecule has 0 bridgehead atoms. The SMILES string of the molecule is CCOC(=O)/C(C)=C/[C@H](C(C)C)N(C)C(=O)[C@@H](NC(=O)C(CO)(CC(C)C)NC)C(C)(C)C. The Hall–Kier alpha value is -1.93. The third kappa shape index (κ3) is 8.74. The Labute approximate surface area is 200 Å². The second-order valence-corrected chi connectivity index (χ2v) is 10.6. The number of carbonyl (C=O) groups excluding carboxylic acids is 3. The zero-order valence-electron chi connectivity index (χ0n) is 22.5. The Morgan fingerprint density at radius 1 is 1.12 bits per heavy atom. The van der Waals surface area contributed by atoms with Crippen molar-refractivity contribution in [3.8, 4) is 0 Å². The van der Waals surface area contributed by atoms with Crippen molar-refractivity contribution < 1.29 is 24.2 Å². The molecule has 1 unspecified atom stereocenters. The van der Waals surface area contributed by atoms with Crippen LogP contribution in [0.25, 0.3) is 0 Å². The van der Waals surface area contributed by atoms with E-state index in [9.17, 15) is 19.5 Å². The molecule has 8 nitrogen and oxygen atoms in total. The quantitative estimate of drug-likeness (QED) is 0.299. The van der Waals surface area contributed by atoms with E-state index in [0.29, 0.717) is 12.0 Å². The number of nitrogens with zero attached hydrogens (tertiary/aromatic N) is 1. The van der Waals surface area contributed by atoms with Crippen LogP contribution in [0.5, 0.6) is 0 Å². The zero-order chi connectivity index (χ0) is 26.1. The molecule has 0 aliphatic rings. The Balaban J connectivity index is 6.06. The van der Waals surface area contributed by atoms with Gasteiger partial charge in [-0.2, -0.15) is 0 Å². The number of hydrogen-bond acceptors (Lipinski definition) is 6. The van der Waals surface area contributed by atoms with Crippen LogP contribution in [0.4, 0.5) is 0 Å². The number of carbonyl (C=O) groups is 3. The highest BCUT2D eigenvalue weighted by Gasteiger charge is 2.43. The number of rotatable bonds is 12. The van der Waals surface area contributed by atoms with Crippen LogP contribution in [-0.2, 0) is 19.1 Å². The average Bonchev–Trinajstić information content (AvgIpc) is 2.71. The van der Waals surface area contributed by atoms with Gasteiger partial charge in [-0.25, -0.2) is 4.79 Å². The van der Waals surface area contributed by atoms with Gasteiger partial charge in [0.15, 0.2) is 0 Å². The Bertz CT molecular complexity index is 691. The van der Waals surface area contributed by atoms with Gasteiger partial charge in [0.25, 0.3) is 0 Å². The molecule has 33 heavy (non-hydrogen) atoms. The molecule has 0 aromatic rings. The largest absolute Gasteiger partial charge is 0.463 e. The molecule has 0 radical (unpaired) electrons. The number of ether oxygens (including phenoxy) is 1. The predicted molar refractivity (Wildman–Crippen MR) is 132 cm³/mol. The highest BCUT2D eigenvalue weighted by atomic mass is 16.5. The van der Waals surface area contributed by atoms with Gasteiger partial charge < -0.3 is 25.4 Å². The van der Waals surface area contributed by atoms with E-state index in [1.165, 1.54) is 0 Å². The zero-order valence-corrected chi connectivity index (χ0v) is 22.5. The molecule has 0 aromatic carbocycles. The molecule has 3 atom stereocenters. The molecule has 8 heteroatoms. The smallest absolute Gasteiger partial charge is 0.333 e. The molecule has 0 heterocycles. The lowest BCUT2D eigenvalue weighted by atomic mass is 9.83. The van der Waals surface area contributed by atoms with E-state index in [1.807, 2.05) is 48.5 Å². The molecule has 0 fully saturated rings. The van der Waals surface area contributed by atoms with Gasteiger partial charge in [-0.05, 0) is 44.6 Å². The average molecular weight is 470 g/mol. The third-order valence-corrected chi connectivity index (χ3v) is 5.82. The third-order valence-electron chi connectivity index (χ3n) is 5.82. The van der Waals surface area contributed by atoms with Crippen molar-refractivity contribution in [2.24, 2.45) is 17.3 Å².